The molecule has 2 N–H and O–H groups in total. The summed E-state index contributed by atoms with van der Waals surface area (Å²) in [5.74, 6) is -0.497. The first-order valence-corrected chi connectivity index (χ1v) is 8.24. The van der Waals surface area contributed by atoms with E-state index in [1.54, 1.807) is 0 Å². The number of aliphatic hydroxyl groups is 1. The van der Waals surface area contributed by atoms with E-state index >= 15 is 0 Å². The van der Waals surface area contributed by atoms with Crippen LogP contribution in [0.15, 0.2) is 48.5 Å². The molecule has 0 saturated carbocycles. The van der Waals surface area contributed by atoms with Gasteiger partial charge in [-0.05, 0) is 25.0 Å². The smallest absolute Gasteiger partial charge is 0.338 e. The van der Waals surface area contributed by atoms with E-state index in [0.29, 0.717) is 17.8 Å². The van der Waals surface area contributed by atoms with Crippen molar-refractivity contribution in [1.82, 2.24) is 9.55 Å². The molecule has 0 spiro atoms. The van der Waals surface area contributed by atoms with Crippen molar-refractivity contribution in [2.45, 2.75) is 25.9 Å². The van der Waals surface area contributed by atoms with Gasteiger partial charge in [-0.25, -0.2) is 9.78 Å². The summed E-state index contributed by atoms with van der Waals surface area (Å²) < 4.78 is 1.81. The fourth-order valence-corrected chi connectivity index (χ4v) is 3.40. The summed E-state index contributed by atoms with van der Waals surface area (Å²) >= 11 is 0. The molecule has 0 bridgehead atoms. The number of fused-ring (bicyclic) bond motifs is 3. The highest BCUT2D eigenvalue weighted by Crippen LogP contribution is 2.35. The summed E-state index contributed by atoms with van der Waals surface area (Å²) in [6.07, 6.45) is -0.0746. The van der Waals surface area contributed by atoms with Gasteiger partial charge < -0.3 is 10.2 Å². The molecule has 1 aliphatic heterocycles. The van der Waals surface area contributed by atoms with Crippen LogP contribution in [0.2, 0.25) is 0 Å². The van der Waals surface area contributed by atoms with Crippen LogP contribution in [0.4, 0.5) is 0 Å². The van der Waals surface area contributed by atoms with Crippen LogP contribution < -0.4 is 0 Å². The van der Waals surface area contributed by atoms with Crippen molar-refractivity contribution in [2.24, 2.45) is 0 Å². The average Bonchev–Trinajstić information content (AvgIpc) is 3.01. The average molecular weight is 334 g/mol. The van der Waals surface area contributed by atoms with Gasteiger partial charge in [0, 0.05) is 12.0 Å². The second kappa shape index (κ2) is 5.86. The maximum atomic E-state index is 11.5. The monoisotopic (exact) mass is 334 g/mol. The molecule has 0 fully saturated rings. The normalized spacial score (nSPS) is 13.8. The van der Waals surface area contributed by atoms with Crippen LogP contribution in [0.5, 0.6) is 0 Å². The highest BCUT2D eigenvalue weighted by Gasteiger charge is 2.31. The Morgan fingerprint density at radius 3 is 2.56 bits per heavy atom. The number of hydrogen-bond donors (Lipinski definition) is 2. The first-order valence-electron chi connectivity index (χ1n) is 8.24. The van der Waals surface area contributed by atoms with Gasteiger partial charge in [-0.2, -0.15) is 0 Å². The zero-order valence-corrected chi connectivity index (χ0v) is 13.8. The molecule has 2 heterocycles. The number of carboxylic acid groups (broad SMARTS) is 1. The molecule has 4 rings (SSSR count). The van der Waals surface area contributed by atoms with E-state index in [9.17, 15) is 15.0 Å². The highest BCUT2D eigenvalue weighted by atomic mass is 16.4. The minimum atomic E-state index is -1.64. The Labute approximate surface area is 145 Å². The van der Waals surface area contributed by atoms with Crippen LogP contribution in [0.3, 0.4) is 0 Å². The van der Waals surface area contributed by atoms with Gasteiger partial charge in [0.2, 0.25) is 0 Å². The zero-order valence-electron chi connectivity index (χ0n) is 13.8. The van der Waals surface area contributed by atoms with Crippen molar-refractivity contribution in [1.29, 1.82) is 0 Å². The number of nitrogens with zero attached hydrogens (tertiary/aromatic N) is 2. The summed E-state index contributed by atoms with van der Waals surface area (Å²) in [5, 5.41) is 19.8. The summed E-state index contributed by atoms with van der Waals surface area (Å²) in [6.45, 7) is 1.99. The number of imidazole rings is 1. The quantitative estimate of drug-likeness (QED) is 0.772. The molecular formula is C20H18N2O3. The van der Waals surface area contributed by atoms with Gasteiger partial charge in [-0.1, -0.05) is 48.0 Å². The molecule has 5 heteroatoms. The summed E-state index contributed by atoms with van der Waals surface area (Å²) in [4.78, 5) is 16.2. The first kappa shape index (κ1) is 15.6. The molecule has 1 unspecified atom stereocenters. The van der Waals surface area contributed by atoms with E-state index in [4.69, 9.17) is 4.98 Å². The number of para-hydroxylation sites is 1. The third-order valence-electron chi connectivity index (χ3n) is 4.65. The molecule has 3 aromatic rings. The number of hydrogen-bond acceptors (Lipinski definition) is 3. The standard InChI is InChI=1S/C20H18N2O3/c1-12-6-8-14(9-7-12)17-18(19(23)20(24)25)22-15-5-3-2-4-13(15)10-11-16(22)21-17/h2-9,19,23H,10-11H2,1H3,(H,24,25). The minimum absolute atomic E-state index is 0.318. The van der Waals surface area contributed by atoms with Gasteiger partial charge in [0.1, 0.15) is 5.82 Å². The van der Waals surface area contributed by atoms with Crippen LogP contribution in [-0.2, 0) is 17.6 Å². The number of aromatic nitrogens is 2. The zero-order chi connectivity index (χ0) is 17.6. The third kappa shape index (κ3) is 2.53. The van der Waals surface area contributed by atoms with Gasteiger partial charge in [-0.15, -0.1) is 0 Å². The van der Waals surface area contributed by atoms with Crippen molar-refractivity contribution in [3.8, 4) is 16.9 Å². The van der Waals surface area contributed by atoms with Gasteiger partial charge in [-0.3, -0.25) is 4.57 Å². The van der Waals surface area contributed by atoms with Crippen molar-refractivity contribution < 1.29 is 15.0 Å². The van der Waals surface area contributed by atoms with Crippen molar-refractivity contribution in [3.05, 3.63) is 71.2 Å². The third-order valence-corrected chi connectivity index (χ3v) is 4.65. The van der Waals surface area contributed by atoms with Gasteiger partial charge >= 0.3 is 5.97 Å². The van der Waals surface area contributed by atoms with Crippen LogP contribution in [0.25, 0.3) is 16.9 Å². The maximum absolute atomic E-state index is 11.5. The number of carbonyl (C=O) groups is 1. The molecule has 1 atom stereocenters. The largest absolute Gasteiger partial charge is 0.479 e. The topological polar surface area (TPSA) is 75.3 Å². The number of aliphatic hydroxyl groups excluding tert-OH is 1. The van der Waals surface area contributed by atoms with Crippen LogP contribution >= 0.6 is 0 Å². The molecule has 1 aliphatic rings. The Hall–Kier alpha value is -2.92. The van der Waals surface area contributed by atoms with E-state index in [1.165, 1.54) is 0 Å². The number of aryl methyl sites for hydroxylation is 3. The molecule has 0 aliphatic carbocycles. The number of rotatable bonds is 3. The lowest BCUT2D eigenvalue weighted by Gasteiger charge is -2.21. The van der Waals surface area contributed by atoms with E-state index in [-0.39, 0.29) is 0 Å². The van der Waals surface area contributed by atoms with Crippen LogP contribution in [-0.4, -0.2) is 25.7 Å². The number of carboxylic acids is 1. The molecule has 5 nitrogen and oxygen atoms in total. The second-order valence-corrected chi connectivity index (χ2v) is 6.33. The molecule has 0 radical (unpaired) electrons. The lowest BCUT2D eigenvalue weighted by Crippen LogP contribution is -2.20. The van der Waals surface area contributed by atoms with Crippen molar-refractivity contribution in [2.75, 3.05) is 0 Å². The Morgan fingerprint density at radius 1 is 1.12 bits per heavy atom. The lowest BCUT2D eigenvalue weighted by atomic mass is 10.0. The van der Waals surface area contributed by atoms with Gasteiger partial charge in [0.15, 0.2) is 6.10 Å². The number of benzene rings is 2. The van der Waals surface area contributed by atoms with E-state index < -0.39 is 12.1 Å². The van der Waals surface area contributed by atoms with Crippen LogP contribution in [0.1, 0.15) is 28.7 Å². The Kier molecular flexibility index (Phi) is 3.66. The van der Waals surface area contributed by atoms with Crippen LogP contribution in [0, 0.1) is 6.92 Å². The maximum Gasteiger partial charge on any atom is 0.338 e. The molecule has 0 saturated heterocycles. The summed E-state index contributed by atoms with van der Waals surface area (Å²) in [6, 6.07) is 15.6. The lowest BCUT2D eigenvalue weighted by molar-refractivity contribution is -0.147. The molecule has 0 amide bonds. The van der Waals surface area contributed by atoms with E-state index in [2.05, 4.69) is 0 Å². The van der Waals surface area contributed by atoms with Gasteiger partial charge in [0.05, 0.1) is 17.1 Å². The van der Waals surface area contributed by atoms with Crippen molar-refractivity contribution >= 4 is 5.97 Å². The fraction of sp³-hybridized carbons (Fsp3) is 0.200. The molecule has 1 aromatic heterocycles. The predicted molar refractivity (Wildman–Crippen MR) is 93.7 cm³/mol. The Morgan fingerprint density at radius 2 is 1.84 bits per heavy atom. The summed E-state index contributed by atoms with van der Waals surface area (Å²) in [7, 11) is 0. The highest BCUT2D eigenvalue weighted by molar-refractivity contribution is 5.78. The Bertz CT molecular complexity index is 958. The second-order valence-electron chi connectivity index (χ2n) is 6.33. The van der Waals surface area contributed by atoms with Crippen molar-refractivity contribution in [3.63, 3.8) is 0 Å². The predicted octanol–water partition coefficient (Wildman–Crippen LogP) is 3.06. The Balaban J connectivity index is 2.00. The molecular weight excluding hydrogens is 316 g/mol. The van der Waals surface area contributed by atoms with E-state index in [1.807, 2.05) is 60.0 Å². The SMILES string of the molecule is Cc1ccc(-c2nc3n(c2C(O)C(=O)O)-c2ccccc2CC3)cc1. The number of aliphatic carboxylic acids is 1. The van der Waals surface area contributed by atoms with E-state index in [0.717, 1.165) is 34.6 Å². The van der Waals surface area contributed by atoms with Gasteiger partial charge in [0.25, 0.3) is 0 Å². The first-order chi connectivity index (χ1) is 12.1. The minimum Gasteiger partial charge on any atom is -0.479 e. The summed E-state index contributed by atoms with van der Waals surface area (Å²) in [5.41, 5.74) is 4.78. The molecule has 2 aromatic carbocycles. The molecule has 25 heavy (non-hydrogen) atoms. The molecule has 126 valence electrons. The fourth-order valence-electron chi connectivity index (χ4n) is 3.40.